The zero-order valence-electron chi connectivity index (χ0n) is 74.0. The molecule has 0 fully saturated rings. The topological polar surface area (TPSA) is 365 Å². The first-order chi connectivity index (χ1) is 67.4. The Kier molecular flexibility index (Phi) is 26.0. The van der Waals surface area contributed by atoms with E-state index in [1.165, 1.54) is 84.9 Å². The second kappa shape index (κ2) is 39.2. The van der Waals surface area contributed by atoms with Crippen LogP contribution < -0.4 is 60.7 Å². The van der Waals surface area contributed by atoms with Crippen LogP contribution in [0.4, 0.5) is 31.1 Å². The minimum absolute atomic E-state index is 0.0497. The number of carbonyl (C=O) groups is 1. The molecule has 139 heavy (non-hydrogen) atoms. The van der Waals surface area contributed by atoms with Crippen LogP contribution in [-0.2, 0) is 45.3 Å². The van der Waals surface area contributed by atoms with Crippen LogP contribution >= 0.6 is 11.3 Å². The average Bonchev–Trinajstić information content (AvgIpc) is 1.55. The van der Waals surface area contributed by atoms with Gasteiger partial charge in [0.25, 0.3) is 0 Å². The van der Waals surface area contributed by atoms with E-state index >= 15 is 4.39 Å². The van der Waals surface area contributed by atoms with Crippen LogP contribution in [0.1, 0.15) is 44.5 Å². The molecule has 9 aromatic heterocycles. The number of H-pyrrole nitrogens is 1. The number of fused-ring (bicyclic) bond motifs is 12. The normalized spacial score (nSPS) is 11.0. The minimum atomic E-state index is -1.04. The number of aromatic nitrogens is 12. The molecule has 30 nitrogen and oxygen atoms in total. The number of nitriles is 4. The predicted molar refractivity (Wildman–Crippen MR) is 503 cm³/mol. The van der Waals surface area contributed by atoms with Crippen molar-refractivity contribution in [3.05, 3.63) is 363 Å². The molecule has 0 atom stereocenters. The highest BCUT2D eigenvalue weighted by Crippen LogP contribution is 2.43. The van der Waals surface area contributed by atoms with Crippen molar-refractivity contribution in [2.75, 3.05) is 35.5 Å². The zero-order chi connectivity index (χ0) is 97.7. The first kappa shape index (κ1) is 92.1. The van der Waals surface area contributed by atoms with Gasteiger partial charge in [-0.3, -0.25) is 47.3 Å². The first-order valence-corrected chi connectivity index (χ1v) is 42.7. The number of ether oxygens (including phenoxy) is 9. The monoisotopic (exact) mass is 1890 g/mol. The van der Waals surface area contributed by atoms with Crippen LogP contribution in [0.3, 0.4) is 0 Å². The molecule has 0 aliphatic rings. The summed E-state index contributed by atoms with van der Waals surface area (Å²) >= 11 is 1.58. The summed E-state index contributed by atoms with van der Waals surface area (Å²) in [5.74, 6) is -2.32. The van der Waals surface area contributed by atoms with Gasteiger partial charge < -0.3 is 47.6 Å². The Morgan fingerprint density at radius 1 is 0.367 bits per heavy atom. The average molecular weight is 1890 g/mol. The van der Waals surface area contributed by atoms with Gasteiger partial charge in [0, 0.05) is 59.9 Å². The number of imidazole rings is 4. The fourth-order valence-electron chi connectivity index (χ4n) is 15.8. The molecular weight excluding hydrogens is 1820 g/mol. The quantitative estimate of drug-likeness (QED) is 0.0692. The number of halogens is 6. The number of hydrogen-bond donors (Lipinski definition) is 1. The second-order valence-electron chi connectivity index (χ2n) is 30.7. The number of carbonyl (C=O) groups excluding carboxylic acids is 1. The molecule has 20 rings (SSSR count). The van der Waals surface area contributed by atoms with E-state index in [2.05, 4.69) is 24.9 Å². The molecule has 0 radical (unpaired) electrons. The molecule has 9 heterocycles. The van der Waals surface area contributed by atoms with Crippen LogP contribution in [0, 0.1) is 80.2 Å². The molecule has 0 spiro atoms. The van der Waals surface area contributed by atoms with Crippen molar-refractivity contribution in [2.45, 2.75) is 26.4 Å². The lowest BCUT2D eigenvalue weighted by Crippen LogP contribution is -2.29. The van der Waals surface area contributed by atoms with Gasteiger partial charge in [0.2, 0.25) is 0 Å². The lowest BCUT2D eigenvalue weighted by Gasteiger charge is -2.13. The third-order valence-electron chi connectivity index (χ3n) is 22.5. The Morgan fingerprint density at radius 2 is 0.705 bits per heavy atom. The van der Waals surface area contributed by atoms with Gasteiger partial charge in [-0.25, -0.2) is 50.3 Å². The maximum Gasteiger partial charge on any atom is 0.422 e. The largest absolute Gasteiger partial charge is 0.493 e. The van der Waals surface area contributed by atoms with Gasteiger partial charge in [0.15, 0.2) is 69.3 Å². The Balaban J connectivity index is 0.000000128. The van der Waals surface area contributed by atoms with Crippen LogP contribution in [0.25, 0.3) is 110 Å². The smallest absolute Gasteiger partial charge is 0.422 e. The Labute approximate surface area is 784 Å². The molecule has 11 aromatic carbocycles. The van der Waals surface area contributed by atoms with E-state index in [0.29, 0.717) is 113 Å². The molecule has 1 N–H and O–H groups in total. The number of rotatable bonds is 20. The molecule has 0 bridgehead atoms. The van der Waals surface area contributed by atoms with Crippen LogP contribution in [0.15, 0.2) is 261 Å². The summed E-state index contributed by atoms with van der Waals surface area (Å²) < 4.78 is 148. The molecule has 37 heteroatoms. The molecular formula is C102H70F6N16O14S. The molecule has 0 saturated heterocycles. The fourth-order valence-corrected chi connectivity index (χ4v) is 16.5. The molecule has 690 valence electrons. The Morgan fingerprint density at radius 3 is 1.07 bits per heavy atom. The van der Waals surface area contributed by atoms with E-state index in [0.717, 1.165) is 84.0 Å². The van der Waals surface area contributed by atoms with Gasteiger partial charge in [0.05, 0.1) is 179 Å². The van der Waals surface area contributed by atoms with E-state index in [-0.39, 0.29) is 81.0 Å². The number of nitrogens with one attached hydrogen (secondary N) is 1. The maximum atomic E-state index is 15.1. The highest BCUT2D eigenvalue weighted by atomic mass is 32.1. The van der Waals surface area contributed by atoms with Gasteiger partial charge in [-0.1, -0.05) is 91.0 Å². The molecule has 20 aromatic rings. The number of aromatic amines is 1. The fraction of sp³-hybridized carbons (Fsp3) is 0.108. The van der Waals surface area contributed by atoms with Crippen molar-refractivity contribution in [1.82, 2.24) is 56.9 Å². The molecule has 0 saturated carbocycles. The molecule has 0 unspecified atom stereocenters. The van der Waals surface area contributed by atoms with E-state index in [1.807, 2.05) is 120 Å². The SMILES string of the molecule is COC(=O)n1c(=O)n(-c2ccc(C#N)cc2F)c2c3cc(OCc4ccccc4)c(OC)cc3ncc21.COc1cc2ncc3[nH]c(=O)n(-c4c(F)cc(C#N)cc4F)c3c2cc1OCc1ccccc1.COc1cc2ncc3c(c2cc1OCc1ccccc1)n(-c1c(F)cc(C#N)cc1F)c(=O)n3C.COc1cc2ncc3c(c2cc1OCc1ccsc1)n(-c1ccc(C#N)cc1F)c(=O)n3C. The standard InChI is InChI=1S/C27H19FN4O5.C26H18F2N4O3.C25H16F2N4O3.C24H17FN4O3S/c1-35-23-12-20-18(11-24(23)37-15-16-6-4-3-5-7-16)25-22(14-30-20)32(27(34)36-2)26(33)31(25)21-9-8-17(13-29)10-19(21)28;1-31-21-13-30-20-11-22(34-2)23(35-14-15-6-4-3-5-7-15)10-17(20)24(21)32(26(31)33)25-18(27)8-16(12-29)9-19(25)28;1-33-21-10-19-16(9-22(21)34-13-14-5-3-2-4-6-14)23-20(12-29-19)30-25(32)31(23)24-17(26)7-15(11-28)8-18(24)27;1-28-20-11-27-18-9-21(31-2)22(32-12-15-5-6-33-13-15)8-16(18)23(20)29(24(28)30)19-4-3-14(10-26)7-17(19)25/h3-12,14H,15H2,1-2H3;3-11,13H,14H2,1-2H3;2-10,12H,13H2,1H3,(H,30,32);3-9,11,13H,12H2,1-2H3. The summed E-state index contributed by atoms with van der Waals surface area (Å²) in [5.41, 5.74) is 3.99. The number of hydrogen-bond acceptors (Lipinski definition) is 23. The predicted octanol–water partition coefficient (Wildman–Crippen LogP) is 18.3. The molecule has 0 aliphatic heterocycles. The summed E-state index contributed by atoms with van der Waals surface area (Å²) in [6, 6.07) is 62.2. The van der Waals surface area contributed by atoms with Crippen molar-refractivity contribution in [3.8, 4) is 93.0 Å². The first-order valence-electron chi connectivity index (χ1n) is 41.7. The highest BCUT2D eigenvalue weighted by molar-refractivity contribution is 7.08. The maximum absolute atomic E-state index is 15.1. The number of benzene rings is 11. The minimum Gasteiger partial charge on any atom is -0.493 e. The Hall–Kier alpha value is -18.8. The summed E-state index contributed by atoms with van der Waals surface area (Å²) in [7, 11) is 10.2. The van der Waals surface area contributed by atoms with E-state index in [9.17, 15) is 45.9 Å². The van der Waals surface area contributed by atoms with Gasteiger partial charge in [-0.05, 0) is 124 Å². The zero-order valence-corrected chi connectivity index (χ0v) is 74.8. The van der Waals surface area contributed by atoms with Gasteiger partial charge in [-0.15, -0.1) is 0 Å². The summed E-state index contributed by atoms with van der Waals surface area (Å²) in [4.78, 5) is 85.3. The van der Waals surface area contributed by atoms with Gasteiger partial charge in [-0.2, -0.15) is 37.0 Å². The van der Waals surface area contributed by atoms with Crippen molar-refractivity contribution >= 4 is 105 Å². The van der Waals surface area contributed by atoms with Crippen molar-refractivity contribution in [2.24, 2.45) is 14.1 Å². The van der Waals surface area contributed by atoms with Gasteiger partial charge in [0.1, 0.15) is 55.0 Å². The number of thiophene rings is 1. The second-order valence-corrected chi connectivity index (χ2v) is 31.5. The molecule has 0 amide bonds. The summed E-state index contributed by atoms with van der Waals surface area (Å²) in [5, 5.41) is 42.1. The third kappa shape index (κ3) is 17.7. The Bertz CT molecular complexity index is 8710. The van der Waals surface area contributed by atoms with Crippen molar-refractivity contribution < 1.29 is 73.8 Å². The number of aryl methyl sites for hydroxylation is 2. The molecule has 0 aliphatic carbocycles. The lowest BCUT2D eigenvalue weighted by atomic mass is 10.1. The van der Waals surface area contributed by atoms with Crippen LogP contribution in [0.5, 0.6) is 46.0 Å². The number of methoxy groups -OCH3 is 5. The summed E-state index contributed by atoms with van der Waals surface area (Å²) in [6.07, 6.45) is 4.80. The lowest BCUT2D eigenvalue weighted by molar-refractivity contribution is 0.173. The number of pyridine rings is 4. The summed E-state index contributed by atoms with van der Waals surface area (Å²) in [6.45, 7) is 1.10. The van der Waals surface area contributed by atoms with Crippen LogP contribution in [0.2, 0.25) is 0 Å². The van der Waals surface area contributed by atoms with Crippen LogP contribution in [-0.4, -0.2) is 98.5 Å². The van der Waals surface area contributed by atoms with Gasteiger partial charge >= 0.3 is 28.9 Å². The van der Waals surface area contributed by atoms with E-state index in [1.54, 1.807) is 92.4 Å². The van der Waals surface area contributed by atoms with E-state index in [4.69, 9.17) is 63.7 Å². The highest BCUT2D eigenvalue weighted by Gasteiger charge is 2.30. The third-order valence-corrected chi connectivity index (χ3v) is 23.2. The number of nitrogens with zero attached hydrogens (tertiary/aromatic N) is 15. The van der Waals surface area contributed by atoms with Crippen molar-refractivity contribution in [3.63, 3.8) is 0 Å². The van der Waals surface area contributed by atoms with Crippen molar-refractivity contribution in [1.29, 1.82) is 21.0 Å². The van der Waals surface area contributed by atoms with E-state index < -0.39 is 75.1 Å².